The molecular formula is C24H38. The molecule has 134 valence electrons. The Labute approximate surface area is 150 Å². The molecule has 0 atom stereocenters. The number of hydrogen-bond donors (Lipinski definition) is 0. The van der Waals surface area contributed by atoms with Gasteiger partial charge in [0.25, 0.3) is 0 Å². The van der Waals surface area contributed by atoms with E-state index in [1.165, 1.54) is 35.1 Å². The molecule has 24 heavy (non-hydrogen) atoms. The molecule has 0 aromatic carbocycles. The molecule has 0 spiro atoms. The standard InChI is InChI=1S/C24H38/c1-12-13-22(23(10)18(6)14(2)15(3)19(23)7)24(11)20(8)16(4)17(5)21(24)9/h22H,12-13H2,1-11H3. The van der Waals surface area contributed by atoms with Crippen LogP contribution in [0.5, 0.6) is 0 Å². The second-order valence-corrected chi connectivity index (χ2v) is 8.75. The van der Waals surface area contributed by atoms with Crippen LogP contribution in [-0.2, 0) is 0 Å². The molecule has 0 bridgehead atoms. The number of hydrogen-bond acceptors (Lipinski definition) is 0. The predicted molar refractivity (Wildman–Crippen MR) is 108 cm³/mol. The van der Waals surface area contributed by atoms with Gasteiger partial charge in [-0.25, -0.2) is 0 Å². The fourth-order valence-corrected chi connectivity index (χ4v) is 5.73. The highest BCUT2D eigenvalue weighted by molar-refractivity contribution is 5.55. The predicted octanol–water partition coefficient (Wildman–Crippen LogP) is 7.79. The lowest BCUT2D eigenvalue weighted by atomic mass is 9.54. The van der Waals surface area contributed by atoms with Gasteiger partial charge in [0.1, 0.15) is 0 Å². The van der Waals surface area contributed by atoms with Crippen LogP contribution in [0.2, 0.25) is 0 Å². The molecule has 0 unspecified atom stereocenters. The van der Waals surface area contributed by atoms with Gasteiger partial charge in [0.15, 0.2) is 0 Å². The quantitative estimate of drug-likeness (QED) is 0.494. The minimum absolute atomic E-state index is 0.173. The lowest BCUT2D eigenvalue weighted by Crippen LogP contribution is -2.41. The van der Waals surface area contributed by atoms with Gasteiger partial charge in [-0.05, 0) is 90.0 Å². The summed E-state index contributed by atoms with van der Waals surface area (Å²) in [5.74, 6) is 0.620. The topological polar surface area (TPSA) is 0 Å². The molecule has 0 fully saturated rings. The Morgan fingerprint density at radius 2 is 0.833 bits per heavy atom. The molecule has 0 saturated heterocycles. The summed E-state index contributed by atoms with van der Waals surface area (Å²) in [6.45, 7) is 26.2. The van der Waals surface area contributed by atoms with Crippen molar-refractivity contribution in [1.82, 2.24) is 0 Å². The van der Waals surface area contributed by atoms with Crippen LogP contribution >= 0.6 is 0 Å². The highest BCUT2D eigenvalue weighted by atomic mass is 14.6. The van der Waals surface area contributed by atoms with Crippen LogP contribution in [0.3, 0.4) is 0 Å². The molecule has 0 saturated carbocycles. The maximum atomic E-state index is 2.52. The Hall–Kier alpha value is -1.04. The second kappa shape index (κ2) is 6.04. The lowest BCUT2D eigenvalue weighted by Gasteiger charge is -2.49. The van der Waals surface area contributed by atoms with E-state index in [0.717, 1.165) is 0 Å². The molecule has 0 radical (unpaired) electrons. The third-order valence-electron chi connectivity index (χ3n) is 8.46. The van der Waals surface area contributed by atoms with Gasteiger partial charge in [-0.2, -0.15) is 0 Å². The van der Waals surface area contributed by atoms with Crippen LogP contribution in [0.15, 0.2) is 44.6 Å². The maximum Gasteiger partial charge on any atom is 0.0138 e. The fraction of sp³-hybridized carbons (Fsp3) is 0.667. The van der Waals surface area contributed by atoms with Crippen molar-refractivity contribution in [3.8, 4) is 0 Å². The first-order valence-electron chi connectivity index (χ1n) is 9.69. The highest BCUT2D eigenvalue weighted by Gasteiger charge is 2.53. The largest absolute Gasteiger partial charge is 0.0654 e. The average Bonchev–Trinajstić information content (AvgIpc) is 2.80. The van der Waals surface area contributed by atoms with E-state index in [-0.39, 0.29) is 10.8 Å². The maximum absolute atomic E-state index is 2.52. The van der Waals surface area contributed by atoms with E-state index in [2.05, 4.69) is 76.2 Å². The summed E-state index contributed by atoms with van der Waals surface area (Å²) in [6.07, 6.45) is 2.52. The minimum atomic E-state index is 0.173. The van der Waals surface area contributed by atoms with Crippen molar-refractivity contribution in [2.75, 3.05) is 0 Å². The van der Waals surface area contributed by atoms with Crippen molar-refractivity contribution in [1.29, 1.82) is 0 Å². The minimum Gasteiger partial charge on any atom is -0.0654 e. The van der Waals surface area contributed by atoms with Crippen molar-refractivity contribution >= 4 is 0 Å². The molecule has 0 aromatic rings. The van der Waals surface area contributed by atoms with Gasteiger partial charge in [0.05, 0.1) is 0 Å². The van der Waals surface area contributed by atoms with E-state index in [9.17, 15) is 0 Å². The van der Waals surface area contributed by atoms with Crippen molar-refractivity contribution < 1.29 is 0 Å². The molecule has 2 rings (SSSR count). The van der Waals surface area contributed by atoms with Gasteiger partial charge >= 0.3 is 0 Å². The molecule has 2 aliphatic rings. The molecule has 0 amide bonds. The number of rotatable bonds is 4. The van der Waals surface area contributed by atoms with E-state index in [4.69, 9.17) is 0 Å². The zero-order valence-electron chi connectivity index (χ0n) is 18.0. The summed E-state index contributed by atoms with van der Waals surface area (Å²) >= 11 is 0. The first kappa shape index (κ1) is 19.3. The van der Waals surface area contributed by atoms with Crippen LogP contribution < -0.4 is 0 Å². The van der Waals surface area contributed by atoms with Crippen LogP contribution in [0.4, 0.5) is 0 Å². The van der Waals surface area contributed by atoms with Crippen molar-refractivity contribution in [3.05, 3.63) is 44.6 Å². The smallest absolute Gasteiger partial charge is 0.0138 e. The fourth-order valence-electron chi connectivity index (χ4n) is 5.73. The van der Waals surface area contributed by atoms with Crippen molar-refractivity contribution in [2.24, 2.45) is 16.7 Å². The zero-order valence-corrected chi connectivity index (χ0v) is 18.0. The Balaban J connectivity index is 2.74. The molecular weight excluding hydrogens is 288 g/mol. The Morgan fingerprint density at radius 3 is 1.04 bits per heavy atom. The molecule has 0 aromatic heterocycles. The first-order valence-corrected chi connectivity index (χ1v) is 9.69. The highest BCUT2D eigenvalue weighted by Crippen LogP contribution is 2.63. The molecule has 0 aliphatic heterocycles. The first-order chi connectivity index (χ1) is 11.0. The molecule has 2 aliphatic carbocycles. The van der Waals surface area contributed by atoms with Gasteiger partial charge in [-0.3, -0.25) is 0 Å². The van der Waals surface area contributed by atoms with E-state index < -0.39 is 0 Å². The summed E-state index contributed by atoms with van der Waals surface area (Å²) in [7, 11) is 0. The Morgan fingerprint density at radius 1 is 0.583 bits per heavy atom. The van der Waals surface area contributed by atoms with Gasteiger partial charge in [0, 0.05) is 10.8 Å². The van der Waals surface area contributed by atoms with Crippen LogP contribution in [0.1, 0.15) is 89.0 Å². The normalized spacial score (nSPS) is 23.5. The average molecular weight is 327 g/mol. The summed E-state index contributed by atoms with van der Waals surface area (Å²) in [4.78, 5) is 0. The monoisotopic (exact) mass is 326 g/mol. The van der Waals surface area contributed by atoms with E-state index in [1.54, 1.807) is 22.3 Å². The van der Waals surface area contributed by atoms with Gasteiger partial charge in [-0.1, -0.05) is 49.5 Å². The molecule has 0 nitrogen and oxygen atoms in total. The Bertz CT molecular complexity index is 582. The third kappa shape index (κ3) is 2.18. The van der Waals surface area contributed by atoms with Crippen molar-refractivity contribution in [2.45, 2.75) is 89.0 Å². The van der Waals surface area contributed by atoms with Gasteiger partial charge in [0.2, 0.25) is 0 Å². The summed E-state index contributed by atoms with van der Waals surface area (Å²) < 4.78 is 0. The summed E-state index contributed by atoms with van der Waals surface area (Å²) in [6, 6.07) is 0. The third-order valence-corrected chi connectivity index (χ3v) is 8.46. The number of allylic oxidation sites excluding steroid dienone is 8. The lowest BCUT2D eigenvalue weighted by molar-refractivity contribution is 0.150. The SMILES string of the molecule is CCCC(C1(C)C(C)=C(C)C(C)=C1C)C1(C)C(C)=C(C)C(C)=C1C. The van der Waals surface area contributed by atoms with Crippen molar-refractivity contribution in [3.63, 3.8) is 0 Å². The van der Waals surface area contributed by atoms with Crippen LogP contribution in [-0.4, -0.2) is 0 Å². The molecule has 0 heteroatoms. The Kier molecular flexibility index (Phi) is 4.86. The molecule has 0 N–H and O–H groups in total. The zero-order chi connectivity index (χ0) is 18.6. The second-order valence-electron chi connectivity index (χ2n) is 8.75. The van der Waals surface area contributed by atoms with E-state index >= 15 is 0 Å². The summed E-state index contributed by atoms with van der Waals surface area (Å²) in [5.41, 5.74) is 12.8. The van der Waals surface area contributed by atoms with E-state index in [0.29, 0.717) is 5.92 Å². The summed E-state index contributed by atoms with van der Waals surface area (Å²) in [5, 5.41) is 0. The van der Waals surface area contributed by atoms with E-state index in [1.807, 2.05) is 0 Å². The molecule has 0 heterocycles. The van der Waals surface area contributed by atoms with Crippen LogP contribution in [0.25, 0.3) is 0 Å². The van der Waals surface area contributed by atoms with Crippen LogP contribution in [0, 0.1) is 16.7 Å². The van der Waals surface area contributed by atoms with Gasteiger partial charge < -0.3 is 0 Å². The van der Waals surface area contributed by atoms with Gasteiger partial charge in [-0.15, -0.1) is 0 Å².